The second-order valence-electron chi connectivity index (χ2n) is 7.30. The molecule has 2 aromatic carbocycles. The molecule has 2 rings (SSSR count). The number of ether oxygens (including phenoxy) is 4. The van der Waals surface area contributed by atoms with E-state index in [1.807, 2.05) is 0 Å². The lowest BCUT2D eigenvalue weighted by molar-refractivity contribution is -0.157. The summed E-state index contributed by atoms with van der Waals surface area (Å²) in [6.45, 7) is 4.69. The Morgan fingerprint density at radius 3 is 2.33 bits per heavy atom. The monoisotopic (exact) mass is 416 g/mol. The number of allylic oxidation sites excluding steroid dienone is 1. The summed E-state index contributed by atoms with van der Waals surface area (Å²) in [6, 6.07) is 9.30. The van der Waals surface area contributed by atoms with Crippen molar-refractivity contribution in [3.05, 3.63) is 59.4 Å². The van der Waals surface area contributed by atoms with Gasteiger partial charge in [-0.1, -0.05) is 18.2 Å². The standard InChI is InChI=1S/C23H25FO6/c1-23(2,3)30-21(26)14-29-19-8-6-7-16(22(19)24)17(25)11-9-15-10-12-18(27-4)20(13-15)28-5/h6-13H,14H2,1-5H3. The molecule has 160 valence electrons. The van der Waals surface area contributed by atoms with Gasteiger partial charge in [0.2, 0.25) is 0 Å². The third kappa shape index (κ3) is 6.34. The lowest BCUT2D eigenvalue weighted by Crippen LogP contribution is -2.27. The molecule has 0 aliphatic heterocycles. The first-order valence-electron chi connectivity index (χ1n) is 9.22. The van der Waals surface area contributed by atoms with Crippen molar-refractivity contribution >= 4 is 17.8 Å². The largest absolute Gasteiger partial charge is 0.493 e. The molecule has 2 aromatic rings. The molecule has 0 spiro atoms. The second kappa shape index (κ2) is 9.91. The number of hydrogen-bond donors (Lipinski definition) is 0. The van der Waals surface area contributed by atoms with Crippen molar-refractivity contribution in [2.75, 3.05) is 20.8 Å². The van der Waals surface area contributed by atoms with Crippen molar-refractivity contribution < 1.29 is 32.9 Å². The molecule has 0 N–H and O–H groups in total. The highest BCUT2D eigenvalue weighted by molar-refractivity contribution is 6.07. The maximum Gasteiger partial charge on any atom is 0.344 e. The molecular weight excluding hydrogens is 391 g/mol. The summed E-state index contributed by atoms with van der Waals surface area (Å²) in [5.74, 6) is -1.16. The Labute approximate surface area is 175 Å². The van der Waals surface area contributed by atoms with Crippen molar-refractivity contribution in [3.8, 4) is 17.2 Å². The van der Waals surface area contributed by atoms with E-state index in [1.165, 1.54) is 44.6 Å². The van der Waals surface area contributed by atoms with Crippen LogP contribution >= 0.6 is 0 Å². The lowest BCUT2D eigenvalue weighted by Gasteiger charge is -2.19. The minimum atomic E-state index is -0.844. The van der Waals surface area contributed by atoms with E-state index < -0.39 is 29.8 Å². The summed E-state index contributed by atoms with van der Waals surface area (Å²) in [6.07, 6.45) is 2.79. The number of hydrogen-bond acceptors (Lipinski definition) is 6. The SMILES string of the molecule is COc1ccc(C=CC(=O)c2cccc(OCC(=O)OC(C)(C)C)c2F)cc1OC. The molecule has 0 radical (unpaired) electrons. The summed E-state index contributed by atoms with van der Waals surface area (Å²) in [4.78, 5) is 24.2. The van der Waals surface area contributed by atoms with Gasteiger partial charge in [0, 0.05) is 0 Å². The van der Waals surface area contributed by atoms with Gasteiger partial charge < -0.3 is 18.9 Å². The molecule has 0 aliphatic carbocycles. The fraction of sp³-hybridized carbons (Fsp3) is 0.304. The van der Waals surface area contributed by atoms with Gasteiger partial charge in [-0.15, -0.1) is 0 Å². The van der Waals surface area contributed by atoms with E-state index in [-0.39, 0.29) is 11.3 Å². The quantitative estimate of drug-likeness (QED) is 0.359. The van der Waals surface area contributed by atoms with Crippen LogP contribution < -0.4 is 14.2 Å². The molecule has 0 bridgehead atoms. The summed E-state index contributed by atoms with van der Waals surface area (Å²) in [7, 11) is 3.03. The summed E-state index contributed by atoms with van der Waals surface area (Å²) in [5.41, 5.74) is -0.168. The molecule has 0 atom stereocenters. The smallest absolute Gasteiger partial charge is 0.344 e. The Balaban J connectivity index is 2.12. The molecule has 0 heterocycles. The maximum absolute atomic E-state index is 14.7. The molecule has 0 aromatic heterocycles. The van der Waals surface area contributed by atoms with Crippen molar-refractivity contribution in [1.29, 1.82) is 0 Å². The summed E-state index contributed by atoms with van der Waals surface area (Å²) >= 11 is 0. The highest BCUT2D eigenvalue weighted by Gasteiger charge is 2.19. The van der Waals surface area contributed by atoms with Crippen molar-refractivity contribution in [1.82, 2.24) is 0 Å². The Hall–Kier alpha value is -3.35. The van der Waals surface area contributed by atoms with Gasteiger partial charge in [0.05, 0.1) is 19.8 Å². The molecule has 0 saturated carbocycles. The number of carbonyl (C=O) groups excluding carboxylic acids is 2. The van der Waals surface area contributed by atoms with Crippen LogP contribution in [0.2, 0.25) is 0 Å². The van der Waals surface area contributed by atoms with Crippen LogP contribution in [0.15, 0.2) is 42.5 Å². The number of ketones is 1. The number of benzene rings is 2. The molecule has 0 saturated heterocycles. The van der Waals surface area contributed by atoms with Crippen LogP contribution in [0, 0.1) is 5.82 Å². The van der Waals surface area contributed by atoms with Gasteiger partial charge in [-0.2, -0.15) is 0 Å². The van der Waals surface area contributed by atoms with Gasteiger partial charge in [-0.05, 0) is 56.7 Å². The normalized spacial score (nSPS) is 11.3. The highest BCUT2D eigenvalue weighted by Crippen LogP contribution is 2.28. The number of carbonyl (C=O) groups is 2. The zero-order valence-corrected chi connectivity index (χ0v) is 17.7. The average molecular weight is 416 g/mol. The molecule has 0 fully saturated rings. The van der Waals surface area contributed by atoms with E-state index >= 15 is 0 Å². The second-order valence-corrected chi connectivity index (χ2v) is 7.30. The van der Waals surface area contributed by atoms with Gasteiger partial charge in [-0.25, -0.2) is 9.18 Å². The van der Waals surface area contributed by atoms with E-state index in [9.17, 15) is 14.0 Å². The Morgan fingerprint density at radius 2 is 1.70 bits per heavy atom. The number of rotatable bonds is 8. The predicted molar refractivity (Wildman–Crippen MR) is 111 cm³/mol. The van der Waals surface area contributed by atoms with E-state index in [4.69, 9.17) is 18.9 Å². The maximum atomic E-state index is 14.7. The van der Waals surface area contributed by atoms with Gasteiger partial charge in [0.1, 0.15) is 5.60 Å². The number of methoxy groups -OCH3 is 2. The van der Waals surface area contributed by atoms with Crippen LogP contribution in [-0.2, 0) is 9.53 Å². The van der Waals surface area contributed by atoms with Gasteiger partial charge >= 0.3 is 5.97 Å². The van der Waals surface area contributed by atoms with Crippen molar-refractivity contribution in [2.24, 2.45) is 0 Å². The summed E-state index contributed by atoms with van der Waals surface area (Å²) in [5, 5.41) is 0. The minimum absolute atomic E-state index is 0.173. The molecule has 7 heteroatoms. The average Bonchev–Trinajstić information content (AvgIpc) is 2.69. The van der Waals surface area contributed by atoms with Gasteiger partial charge in [0.15, 0.2) is 35.5 Å². The van der Waals surface area contributed by atoms with Gasteiger partial charge in [0.25, 0.3) is 0 Å². The zero-order valence-electron chi connectivity index (χ0n) is 17.7. The summed E-state index contributed by atoms with van der Waals surface area (Å²) < 4.78 is 35.4. The topological polar surface area (TPSA) is 71.1 Å². The van der Waals surface area contributed by atoms with E-state index in [2.05, 4.69) is 0 Å². The Morgan fingerprint density at radius 1 is 1.00 bits per heavy atom. The molecule has 0 amide bonds. The molecule has 6 nitrogen and oxygen atoms in total. The number of halogens is 1. The fourth-order valence-corrected chi connectivity index (χ4v) is 2.54. The first-order chi connectivity index (χ1) is 14.1. The van der Waals surface area contributed by atoms with Crippen molar-refractivity contribution in [3.63, 3.8) is 0 Å². The predicted octanol–water partition coefficient (Wildman–Crippen LogP) is 4.46. The van der Waals surface area contributed by atoms with Crippen LogP contribution in [0.1, 0.15) is 36.7 Å². The van der Waals surface area contributed by atoms with Crippen LogP contribution in [-0.4, -0.2) is 38.2 Å². The number of esters is 1. The van der Waals surface area contributed by atoms with Crippen LogP contribution in [0.25, 0.3) is 6.08 Å². The van der Waals surface area contributed by atoms with Crippen LogP contribution in [0.3, 0.4) is 0 Å². The first kappa shape index (κ1) is 22.9. The Bertz CT molecular complexity index is 943. The highest BCUT2D eigenvalue weighted by atomic mass is 19.1. The van der Waals surface area contributed by atoms with E-state index in [1.54, 1.807) is 39.0 Å². The molecule has 0 unspecified atom stereocenters. The minimum Gasteiger partial charge on any atom is -0.493 e. The lowest BCUT2D eigenvalue weighted by atomic mass is 10.1. The van der Waals surface area contributed by atoms with Crippen molar-refractivity contribution in [2.45, 2.75) is 26.4 Å². The molecule has 0 aliphatic rings. The molecular formula is C23H25FO6. The fourth-order valence-electron chi connectivity index (χ4n) is 2.54. The van der Waals surface area contributed by atoms with Gasteiger partial charge in [-0.3, -0.25) is 4.79 Å². The van der Waals surface area contributed by atoms with Crippen LogP contribution in [0.4, 0.5) is 4.39 Å². The Kier molecular flexibility index (Phi) is 7.58. The van der Waals surface area contributed by atoms with E-state index in [0.29, 0.717) is 17.1 Å². The molecule has 30 heavy (non-hydrogen) atoms. The van der Waals surface area contributed by atoms with Crippen LogP contribution in [0.5, 0.6) is 17.2 Å². The third-order valence-electron chi connectivity index (χ3n) is 3.83. The van der Waals surface area contributed by atoms with E-state index in [0.717, 1.165) is 0 Å². The zero-order chi connectivity index (χ0) is 22.3. The first-order valence-corrected chi connectivity index (χ1v) is 9.22. The third-order valence-corrected chi connectivity index (χ3v) is 3.83.